The molecule has 0 atom stereocenters. The Morgan fingerprint density at radius 3 is 3.07 bits per heavy atom. The summed E-state index contributed by atoms with van der Waals surface area (Å²) in [5, 5.41) is 0. The number of rotatable bonds is 3. The lowest BCUT2D eigenvalue weighted by Crippen LogP contribution is -1.93. The van der Waals surface area contributed by atoms with Crippen LogP contribution in [0.15, 0.2) is 41.3 Å². The van der Waals surface area contributed by atoms with Gasteiger partial charge in [-0.15, -0.1) is 0 Å². The normalized spacial score (nSPS) is 10.1. The molecule has 14 heavy (non-hydrogen) atoms. The van der Waals surface area contributed by atoms with Gasteiger partial charge in [-0.3, -0.25) is 0 Å². The molecule has 0 amide bonds. The Morgan fingerprint density at radius 2 is 2.36 bits per heavy atom. The third-order valence-electron chi connectivity index (χ3n) is 1.85. The predicted molar refractivity (Wildman–Crippen MR) is 52.0 cm³/mol. The fourth-order valence-corrected chi connectivity index (χ4v) is 1.17. The second-order valence-corrected chi connectivity index (χ2v) is 3.07. The van der Waals surface area contributed by atoms with Crippen LogP contribution in [0.1, 0.15) is 11.3 Å². The highest BCUT2D eigenvalue weighted by Crippen LogP contribution is 2.14. The van der Waals surface area contributed by atoms with Gasteiger partial charge in [0.25, 0.3) is 0 Å². The van der Waals surface area contributed by atoms with Crippen LogP contribution in [0, 0.1) is 6.92 Å². The summed E-state index contributed by atoms with van der Waals surface area (Å²) < 4.78 is 10.5. The molecule has 0 saturated carbocycles. The smallest absolute Gasteiger partial charge is 0.181 e. The summed E-state index contributed by atoms with van der Waals surface area (Å²) in [6.07, 6.45) is 3.05. The van der Waals surface area contributed by atoms with Crippen molar-refractivity contribution in [2.75, 3.05) is 0 Å². The van der Waals surface area contributed by atoms with Crippen LogP contribution in [0.4, 0.5) is 0 Å². The van der Waals surface area contributed by atoms with E-state index in [2.05, 4.69) is 4.98 Å². The van der Waals surface area contributed by atoms with E-state index in [0.29, 0.717) is 6.61 Å². The zero-order valence-electron chi connectivity index (χ0n) is 7.93. The maximum Gasteiger partial charge on any atom is 0.181 e. The van der Waals surface area contributed by atoms with Gasteiger partial charge in [0.05, 0.1) is 6.20 Å². The Kier molecular flexibility index (Phi) is 2.49. The molecular formula is C11H11NO2. The third-order valence-corrected chi connectivity index (χ3v) is 1.85. The maximum atomic E-state index is 5.50. The molecular weight excluding hydrogens is 178 g/mol. The van der Waals surface area contributed by atoms with Crippen LogP contribution in [0.3, 0.4) is 0 Å². The molecule has 0 N–H and O–H groups in total. The Labute approximate surface area is 82.3 Å². The van der Waals surface area contributed by atoms with Gasteiger partial charge in [0.15, 0.2) is 12.2 Å². The monoisotopic (exact) mass is 189 g/mol. The summed E-state index contributed by atoms with van der Waals surface area (Å²) in [7, 11) is 0. The average molecular weight is 189 g/mol. The van der Waals surface area contributed by atoms with Gasteiger partial charge in [-0.1, -0.05) is 12.1 Å². The number of aromatic nitrogens is 1. The van der Waals surface area contributed by atoms with Gasteiger partial charge in [-0.2, -0.15) is 0 Å². The lowest BCUT2D eigenvalue weighted by molar-refractivity contribution is 0.270. The van der Waals surface area contributed by atoms with E-state index in [1.54, 1.807) is 6.20 Å². The Hall–Kier alpha value is -1.77. The van der Waals surface area contributed by atoms with Crippen molar-refractivity contribution in [3.05, 3.63) is 48.2 Å². The van der Waals surface area contributed by atoms with Crippen molar-refractivity contribution in [3.63, 3.8) is 0 Å². The third kappa shape index (κ3) is 2.13. The van der Waals surface area contributed by atoms with E-state index >= 15 is 0 Å². The van der Waals surface area contributed by atoms with Crippen LogP contribution in [0.2, 0.25) is 0 Å². The van der Waals surface area contributed by atoms with Gasteiger partial charge in [-0.05, 0) is 24.6 Å². The molecule has 0 aliphatic carbocycles. The number of benzene rings is 1. The lowest BCUT2D eigenvalue weighted by Gasteiger charge is -2.03. The standard InChI is InChI=1S/C11H11NO2/c1-9-3-2-4-10(5-9)13-7-11-6-12-8-14-11/h2-6,8H,7H2,1H3. The van der Waals surface area contributed by atoms with Gasteiger partial charge in [0, 0.05) is 0 Å². The van der Waals surface area contributed by atoms with Gasteiger partial charge in [0.1, 0.15) is 12.4 Å². The fourth-order valence-electron chi connectivity index (χ4n) is 1.17. The van der Waals surface area contributed by atoms with E-state index in [1.165, 1.54) is 12.0 Å². The first-order valence-electron chi connectivity index (χ1n) is 4.41. The lowest BCUT2D eigenvalue weighted by atomic mass is 10.2. The topological polar surface area (TPSA) is 35.3 Å². The van der Waals surface area contributed by atoms with Crippen molar-refractivity contribution in [2.45, 2.75) is 13.5 Å². The summed E-state index contributed by atoms with van der Waals surface area (Å²) >= 11 is 0. The molecule has 0 spiro atoms. The van der Waals surface area contributed by atoms with Crippen molar-refractivity contribution >= 4 is 0 Å². The second-order valence-electron chi connectivity index (χ2n) is 3.07. The first-order valence-corrected chi connectivity index (χ1v) is 4.41. The minimum absolute atomic E-state index is 0.420. The first kappa shape index (κ1) is 8.81. The zero-order chi connectivity index (χ0) is 9.80. The Morgan fingerprint density at radius 1 is 1.43 bits per heavy atom. The van der Waals surface area contributed by atoms with Gasteiger partial charge < -0.3 is 9.15 Å². The van der Waals surface area contributed by atoms with Crippen molar-refractivity contribution in [1.82, 2.24) is 4.98 Å². The average Bonchev–Trinajstić information content (AvgIpc) is 2.67. The van der Waals surface area contributed by atoms with E-state index in [-0.39, 0.29) is 0 Å². The minimum atomic E-state index is 0.420. The van der Waals surface area contributed by atoms with E-state index < -0.39 is 0 Å². The summed E-state index contributed by atoms with van der Waals surface area (Å²) in [6, 6.07) is 7.89. The van der Waals surface area contributed by atoms with E-state index in [1.807, 2.05) is 31.2 Å². The van der Waals surface area contributed by atoms with E-state index in [0.717, 1.165) is 11.5 Å². The fraction of sp³-hybridized carbons (Fsp3) is 0.182. The molecule has 0 bridgehead atoms. The molecule has 1 heterocycles. The Balaban J connectivity index is 1.98. The number of ether oxygens (including phenoxy) is 1. The molecule has 0 aliphatic rings. The van der Waals surface area contributed by atoms with Crippen molar-refractivity contribution < 1.29 is 9.15 Å². The largest absolute Gasteiger partial charge is 0.486 e. The number of aryl methyl sites for hydroxylation is 1. The van der Waals surface area contributed by atoms with Crippen LogP contribution in [-0.4, -0.2) is 4.98 Å². The SMILES string of the molecule is Cc1cccc(OCc2cnco2)c1. The molecule has 72 valence electrons. The van der Waals surface area contributed by atoms with Crippen LogP contribution >= 0.6 is 0 Å². The molecule has 3 nitrogen and oxygen atoms in total. The van der Waals surface area contributed by atoms with E-state index in [4.69, 9.17) is 9.15 Å². The quantitative estimate of drug-likeness (QED) is 0.744. The Bertz CT molecular complexity index is 395. The number of oxazole rings is 1. The summed E-state index contributed by atoms with van der Waals surface area (Å²) in [6.45, 7) is 2.45. The number of nitrogens with zero attached hydrogens (tertiary/aromatic N) is 1. The highest BCUT2D eigenvalue weighted by Gasteiger charge is 1.98. The number of hydrogen-bond donors (Lipinski definition) is 0. The highest BCUT2D eigenvalue weighted by atomic mass is 16.5. The zero-order valence-corrected chi connectivity index (χ0v) is 7.93. The summed E-state index contributed by atoms with van der Waals surface area (Å²) in [5.74, 6) is 1.58. The van der Waals surface area contributed by atoms with Crippen LogP contribution in [0.5, 0.6) is 5.75 Å². The molecule has 0 unspecified atom stereocenters. The van der Waals surface area contributed by atoms with Crippen LogP contribution in [0.25, 0.3) is 0 Å². The minimum Gasteiger partial charge on any atom is -0.486 e. The second kappa shape index (κ2) is 3.96. The highest BCUT2D eigenvalue weighted by molar-refractivity contribution is 5.27. The molecule has 0 fully saturated rings. The predicted octanol–water partition coefficient (Wildman–Crippen LogP) is 2.56. The van der Waals surface area contributed by atoms with Crippen molar-refractivity contribution in [1.29, 1.82) is 0 Å². The number of hydrogen-bond acceptors (Lipinski definition) is 3. The molecule has 1 aromatic carbocycles. The molecule has 3 heteroatoms. The summed E-state index contributed by atoms with van der Waals surface area (Å²) in [4.78, 5) is 3.81. The molecule has 2 rings (SSSR count). The van der Waals surface area contributed by atoms with Gasteiger partial charge in [0.2, 0.25) is 0 Å². The van der Waals surface area contributed by atoms with Gasteiger partial charge in [-0.25, -0.2) is 4.98 Å². The van der Waals surface area contributed by atoms with Crippen LogP contribution in [-0.2, 0) is 6.61 Å². The molecule has 1 aromatic heterocycles. The van der Waals surface area contributed by atoms with Crippen molar-refractivity contribution in [3.8, 4) is 5.75 Å². The van der Waals surface area contributed by atoms with Crippen LogP contribution < -0.4 is 4.74 Å². The molecule has 0 aliphatic heterocycles. The molecule has 0 radical (unpaired) electrons. The molecule has 2 aromatic rings. The molecule has 0 saturated heterocycles. The maximum absolute atomic E-state index is 5.50. The van der Waals surface area contributed by atoms with Crippen molar-refractivity contribution in [2.24, 2.45) is 0 Å². The van der Waals surface area contributed by atoms with Gasteiger partial charge >= 0.3 is 0 Å². The first-order chi connectivity index (χ1) is 6.84. The van der Waals surface area contributed by atoms with E-state index in [9.17, 15) is 0 Å². The summed E-state index contributed by atoms with van der Waals surface area (Å²) in [5.41, 5.74) is 1.18.